The van der Waals surface area contributed by atoms with E-state index in [9.17, 15) is 0 Å². The highest BCUT2D eigenvalue weighted by Gasteiger charge is 1.97. The van der Waals surface area contributed by atoms with Crippen LogP contribution in [0.15, 0.2) is 0 Å². The summed E-state index contributed by atoms with van der Waals surface area (Å²) in [7, 11) is 0.875. The molecule has 0 unspecified atom stereocenters. The first-order valence-electron chi connectivity index (χ1n) is 2.96. The second-order valence-electron chi connectivity index (χ2n) is 1.74. The summed E-state index contributed by atoms with van der Waals surface area (Å²) in [6.07, 6.45) is 1.10. The van der Waals surface area contributed by atoms with Crippen molar-refractivity contribution < 1.29 is 0 Å². The quantitative estimate of drug-likeness (QED) is 0.392. The molecule has 0 atom stereocenters. The first-order chi connectivity index (χ1) is 4.27. The van der Waals surface area contributed by atoms with Crippen molar-refractivity contribution in [3.63, 3.8) is 0 Å². The van der Waals surface area contributed by atoms with Crippen LogP contribution in [0.2, 0.25) is 12.1 Å². The Labute approximate surface area is 68.7 Å². The van der Waals surface area contributed by atoms with E-state index in [1.54, 1.807) is 0 Å². The van der Waals surface area contributed by atoms with E-state index in [1.165, 1.54) is 6.04 Å². The van der Waals surface area contributed by atoms with E-state index in [4.69, 9.17) is 28.9 Å². The molecule has 1 nitrogen and oxygen atoms in total. The second kappa shape index (κ2) is 6.87. The fourth-order valence-electron chi connectivity index (χ4n) is 0.438. The molecule has 0 aromatic rings. The van der Waals surface area contributed by atoms with Crippen LogP contribution in [0.5, 0.6) is 0 Å². The summed E-state index contributed by atoms with van der Waals surface area (Å²) in [5.41, 5.74) is 5.28. The van der Waals surface area contributed by atoms with Crippen molar-refractivity contribution >= 4 is 32.7 Å². The molecule has 0 saturated heterocycles. The van der Waals surface area contributed by atoms with Crippen LogP contribution in [0.3, 0.4) is 0 Å². The Morgan fingerprint density at radius 1 is 1.44 bits per heavy atom. The van der Waals surface area contributed by atoms with Gasteiger partial charge in [-0.25, -0.2) is 0 Å². The molecule has 0 heterocycles. The molecule has 2 N–H and O–H groups in total. The molecule has 0 aliphatic carbocycles. The van der Waals surface area contributed by atoms with Crippen molar-refractivity contribution in [3.05, 3.63) is 0 Å². The monoisotopic (exact) mass is 183 g/mol. The summed E-state index contributed by atoms with van der Waals surface area (Å²) >= 11 is 11.0. The second-order valence-corrected chi connectivity index (χ2v) is 4.42. The fraction of sp³-hybridized carbons (Fsp3) is 1.00. The molecule has 0 rings (SSSR count). The Kier molecular flexibility index (Phi) is 7.45. The summed E-state index contributed by atoms with van der Waals surface area (Å²) in [6.45, 7) is 0.780. The van der Waals surface area contributed by atoms with Gasteiger partial charge in [0.05, 0.1) is 0 Å². The first kappa shape index (κ1) is 9.76. The molecule has 54 valence electrons. The minimum atomic E-state index is -0.180. The summed E-state index contributed by atoms with van der Waals surface area (Å²) in [5.74, 6) is 0. The highest BCUT2D eigenvalue weighted by Crippen LogP contribution is 2.07. The molecule has 0 aliphatic rings. The van der Waals surface area contributed by atoms with E-state index >= 15 is 0 Å². The maximum Gasteiger partial charge on any atom is 0.105 e. The zero-order chi connectivity index (χ0) is 7.11. The molecule has 0 amide bonds. The molecule has 0 aromatic heterocycles. The van der Waals surface area contributed by atoms with Crippen LogP contribution in [0, 0.1) is 0 Å². The van der Waals surface area contributed by atoms with Crippen molar-refractivity contribution in [1.82, 2.24) is 0 Å². The Morgan fingerprint density at radius 3 is 2.56 bits per heavy atom. The zero-order valence-electron chi connectivity index (χ0n) is 5.24. The first-order valence-corrected chi connectivity index (χ1v) is 5.25. The van der Waals surface area contributed by atoms with Gasteiger partial charge in [0.1, 0.15) is 4.84 Å². The molecule has 0 fully saturated rings. The van der Waals surface area contributed by atoms with Gasteiger partial charge in [0.15, 0.2) is 0 Å². The van der Waals surface area contributed by atoms with Crippen molar-refractivity contribution in [2.24, 2.45) is 5.73 Å². The summed E-state index contributed by atoms with van der Waals surface area (Å²) in [5, 5.41) is 0. The van der Waals surface area contributed by atoms with E-state index in [1.807, 2.05) is 0 Å². The smallest absolute Gasteiger partial charge is 0.105 e. The molecular formula is C5H11Cl2NSi. The standard InChI is InChI=1S/C5H11Cl2NSi/c6-5(7)4-9-3-1-2-8/h5H,1-4,8H2. The van der Waals surface area contributed by atoms with Gasteiger partial charge in [-0.05, 0) is 19.0 Å². The third-order valence-corrected chi connectivity index (χ3v) is 3.09. The van der Waals surface area contributed by atoms with Gasteiger partial charge >= 0.3 is 0 Å². The molecule has 4 heteroatoms. The minimum absolute atomic E-state index is 0.180. The zero-order valence-corrected chi connectivity index (χ0v) is 7.75. The van der Waals surface area contributed by atoms with Crippen molar-refractivity contribution in [1.29, 1.82) is 0 Å². The number of nitrogens with two attached hydrogens (primary N) is 1. The van der Waals surface area contributed by atoms with Crippen molar-refractivity contribution in [2.75, 3.05) is 6.54 Å². The van der Waals surface area contributed by atoms with Crippen molar-refractivity contribution in [2.45, 2.75) is 23.3 Å². The lowest BCUT2D eigenvalue weighted by atomic mass is 10.5. The SMILES string of the molecule is NCCC[Si]CC(Cl)Cl. The third kappa shape index (κ3) is 8.76. The molecular weight excluding hydrogens is 173 g/mol. The molecule has 2 radical (unpaired) electrons. The Balaban J connectivity index is 2.75. The number of alkyl halides is 2. The Bertz CT molecular complexity index is 60.9. The number of halogens is 2. The summed E-state index contributed by atoms with van der Waals surface area (Å²) in [6, 6.07) is 2.09. The van der Waals surface area contributed by atoms with Crippen LogP contribution in [-0.4, -0.2) is 20.9 Å². The number of rotatable bonds is 5. The third-order valence-electron chi connectivity index (χ3n) is 0.856. The maximum atomic E-state index is 5.50. The lowest BCUT2D eigenvalue weighted by Crippen LogP contribution is -2.02. The van der Waals surface area contributed by atoms with Gasteiger partial charge in [-0.1, -0.05) is 6.04 Å². The molecule has 0 saturated carbocycles. The van der Waals surface area contributed by atoms with Gasteiger partial charge in [0.2, 0.25) is 0 Å². The lowest BCUT2D eigenvalue weighted by molar-refractivity contribution is 0.922. The van der Waals surface area contributed by atoms with Gasteiger partial charge < -0.3 is 5.73 Å². The van der Waals surface area contributed by atoms with Gasteiger partial charge in [-0.15, -0.1) is 23.2 Å². The Hall–Kier alpha value is 0.757. The predicted molar refractivity (Wildman–Crippen MR) is 44.5 cm³/mol. The lowest BCUT2D eigenvalue weighted by Gasteiger charge is -1.97. The summed E-state index contributed by atoms with van der Waals surface area (Å²) in [4.78, 5) is -0.180. The molecule has 0 aromatic carbocycles. The fourth-order valence-corrected chi connectivity index (χ4v) is 1.97. The van der Waals surface area contributed by atoms with E-state index in [0.717, 1.165) is 28.5 Å². The van der Waals surface area contributed by atoms with Crippen LogP contribution in [0.25, 0.3) is 0 Å². The largest absolute Gasteiger partial charge is 0.330 e. The molecule has 9 heavy (non-hydrogen) atoms. The average Bonchev–Trinajstić information content (AvgIpc) is 1.80. The predicted octanol–water partition coefficient (Wildman–Crippen LogP) is 1.68. The number of hydrogen-bond acceptors (Lipinski definition) is 1. The van der Waals surface area contributed by atoms with E-state index < -0.39 is 0 Å². The maximum absolute atomic E-state index is 5.50. The normalized spacial score (nSPS) is 10.7. The van der Waals surface area contributed by atoms with Crippen LogP contribution in [-0.2, 0) is 0 Å². The van der Waals surface area contributed by atoms with Gasteiger partial charge in [-0.2, -0.15) is 0 Å². The van der Waals surface area contributed by atoms with Gasteiger partial charge in [0, 0.05) is 9.52 Å². The average molecular weight is 184 g/mol. The van der Waals surface area contributed by atoms with Gasteiger partial charge in [-0.3, -0.25) is 0 Å². The minimum Gasteiger partial charge on any atom is -0.330 e. The van der Waals surface area contributed by atoms with E-state index in [2.05, 4.69) is 0 Å². The Morgan fingerprint density at radius 2 is 2.11 bits per heavy atom. The van der Waals surface area contributed by atoms with Crippen molar-refractivity contribution in [3.8, 4) is 0 Å². The van der Waals surface area contributed by atoms with Crippen LogP contribution < -0.4 is 5.73 Å². The molecule has 0 aliphatic heterocycles. The van der Waals surface area contributed by atoms with Crippen LogP contribution >= 0.6 is 23.2 Å². The van der Waals surface area contributed by atoms with Crippen LogP contribution in [0.1, 0.15) is 6.42 Å². The van der Waals surface area contributed by atoms with Crippen LogP contribution in [0.4, 0.5) is 0 Å². The van der Waals surface area contributed by atoms with Gasteiger partial charge in [0.25, 0.3) is 0 Å². The topological polar surface area (TPSA) is 26.0 Å². The molecule has 0 bridgehead atoms. The van der Waals surface area contributed by atoms with E-state index in [-0.39, 0.29) is 4.84 Å². The highest BCUT2D eigenvalue weighted by atomic mass is 35.5. The highest BCUT2D eigenvalue weighted by molar-refractivity contribution is 6.49. The summed E-state index contributed by atoms with van der Waals surface area (Å²) < 4.78 is 0. The number of hydrogen-bond donors (Lipinski definition) is 1. The molecule has 0 spiro atoms. The van der Waals surface area contributed by atoms with E-state index in [0.29, 0.717) is 0 Å².